The van der Waals surface area contributed by atoms with Crippen molar-refractivity contribution in [3.8, 4) is 0 Å². The molecule has 0 saturated carbocycles. The predicted molar refractivity (Wildman–Crippen MR) is 60.5 cm³/mol. The summed E-state index contributed by atoms with van der Waals surface area (Å²) in [6.45, 7) is 0. The molecule has 0 amide bonds. The van der Waals surface area contributed by atoms with Crippen LogP contribution >= 0.6 is 24.4 Å². The van der Waals surface area contributed by atoms with Gasteiger partial charge in [-0.15, -0.1) is 0 Å². The minimum Gasteiger partial charge on any atom is -0.405 e. The average Bonchev–Trinajstić information content (AvgIpc) is 2.04. The molecule has 0 aliphatic heterocycles. The highest BCUT2D eigenvalue weighted by Gasteiger charge is 1.98. The van der Waals surface area contributed by atoms with E-state index in [2.05, 4.69) is 17.5 Å². The summed E-state index contributed by atoms with van der Waals surface area (Å²) in [6, 6.07) is 9.38. The van der Waals surface area contributed by atoms with Crippen molar-refractivity contribution >= 4 is 40.5 Å². The Morgan fingerprint density at radius 3 is 2.38 bits per heavy atom. The van der Waals surface area contributed by atoms with Crippen LogP contribution in [-0.2, 0) is 4.74 Å². The van der Waals surface area contributed by atoms with Gasteiger partial charge in [-0.05, 0) is 36.6 Å². The Kier molecular flexibility index (Phi) is 3.60. The van der Waals surface area contributed by atoms with E-state index in [1.165, 1.54) is 0 Å². The zero-order valence-corrected chi connectivity index (χ0v) is 8.32. The van der Waals surface area contributed by atoms with E-state index < -0.39 is 0 Å². The minimum absolute atomic E-state index is 0.0894. The zero-order valence-electron chi connectivity index (χ0n) is 6.69. The Hall–Kier alpha value is -1.20. The summed E-state index contributed by atoms with van der Waals surface area (Å²) in [6.07, 6.45) is 0. The standard InChI is InChI=1S/C8H8N2OS2/c9-7(12)11-8(13)10-6-4-2-1-3-5-6/h1-5H,(H2,9,12)(H,10,13). The molecule has 1 aromatic carbocycles. The highest BCUT2D eigenvalue weighted by molar-refractivity contribution is 7.81. The summed E-state index contributed by atoms with van der Waals surface area (Å²) in [5.74, 6) is 0. The Morgan fingerprint density at radius 2 is 1.85 bits per heavy atom. The summed E-state index contributed by atoms with van der Waals surface area (Å²) in [5.41, 5.74) is 5.97. The van der Waals surface area contributed by atoms with Crippen LogP contribution in [0.1, 0.15) is 0 Å². The quantitative estimate of drug-likeness (QED) is 0.693. The van der Waals surface area contributed by atoms with Gasteiger partial charge >= 0.3 is 0 Å². The van der Waals surface area contributed by atoms with E-state index in [4.69, 9.17) is 22.7 Å². The lowest BCUT2D eigenvalue weighted by atomic mass is 10.3. The molecular weight excluding hydrogens is 204 g/mol. The molecule has 0 aliphatic carbocycles. The van der Waals surface area contributed by atoms with E-state index in [9.17, 15) is 0 Å². The van der Waals surface area contributed by atoms with Crippen molar-refractivity contribution in [2.75, 3.05) is 5.32 Å². The monoisotopic (exact) mass is 212 g/mol. The van der Waals surface area contributed by atoms with Gasteiger partial charge in [0, 0.05) is 5.69 Å². The molecule has 0 heterocycles. The number of nitrogens with two attached hydrogens (primary N) is 1. The molecule has 0 aliphatic rings. The van der Waals surface area contributed by atoms with Crippen LogP contribution in [0.5, 0.6) is 0 Å². The summed E-state index contributed by atoms with van der Waals surface area (Å²) in [7, 11) is 0. The lowest BCUT2D eigenvalue weighted by Gasteiger charge is -2.06. The first-order valence-electron chi connectivity index (χ1n) is 3.52. The smallest absolute Gasteiger partial charge is 0.268 e. The normalized spacial score (nSPS) is 8.92. The Bertz CT molecular complexity index is 313. The molecule has 13 heavy (non-hydrogen) atoms. The van der Waals surface area contributed by atoms with Crippen molar-refractivity contribution in [2.24, 2.45) is 5.73 Å². The molecule has 0 radical (unpaired) electrons. The second kappa shape index (κ2) is 4.74. The second-order valence-corrected chi connectivity index (χ2v) is 2.97. The molecule has 0 spiro atoms. The van der Waals surface area contributed by atoms with Crippen molar-refractivity contribution < 1.29 is 4.74 Å². The second-order valence-electron chi connectivity index (χ2n) is 2.20. The summed E-state index contributed by atoms with van der Waals surface area (Å²) >= 11 is 9.33. The van der Waals surface area contributed by atoms with Crippen LogP contribution in [0.3, 0.4) is 0 Å². The van der Waals surface area contributed by atoms with Crippen molar-refractivity contribution in [3.63, 3.8) is 0 Å². The number of ether oxygens (including phenoxy) is 1. The number of anilines is 1. The first kappa shape index (κ1) is 9.88. The lowest BCUT2D eigenvalue weighted by molar-refractivity contribution is 0.565. The molecule has 0 bridgehead atoms. The SMILES string of the molecule is NC(=S)OC(=S)Nc1ccccc1. The third kappa shape index (κ3) is 3.82. The number of rotatable bonds is 1. The fraction of sp³-hybridized carbons (Fsp3) is 0. The largest absolute Gasteiger partial charge is 0.405 e. The van der Waals surface area contributed by atoms with Crippen molar-refractivity contribution in [2.45, 2.75) is 0 Å². The van der Waals surface area contributed by atoms with Gasteiger partial charge in [0.15, 0.2) is 0 Å². The molecular formula is C8H8N2OS2. The maximum atomic E-state index is 5.13. The molecule has 1 aromatic rings. The van der Waals surface area contributed by atoms with Crippen LogP contribution in [-0.4, -0.2) is 10.3 Å². The van der Waals surface area contributed by atoms with Gasteiger partial charge in [-0.25, -0.2) is 0 Å². The van der Waals surface area contributed by atoms with Gasteiger partial charge in [0.1, 0.15) is 0 Å². The first-order chi connectivity index (χ1) is 6.18. The fourth-order valence-corrected chi connectivity index (χ4v) is 1.10. The van der Waals surface area contributed by atoms with Crippen LogP contribution in [0.4, 0.5) is 5.69 Å². The molecule has 1 rings (SSSR count). The van der Waals surface area contributed by atoms with E-state index in [0.29, 0.717) is 0 Å². The molecule has 0 aromatic heterocycles. The van der Waals surface area contributed by atoms with Gasteiger partial charge in [-0.3, -0.25) is 0 Å². The van der Waals surface area contributed by atoms with Gasteiger partial charge in [-0.2, -0.15) is 0 Å². The van der Waals surface area contributed by atoms with Crippen molar-refractivity contribution in [1.29, 1.82) is 0 Å². The maximum Gasteiger partial charge on any atom is 0.268 e. The van der Waals surface area contributed by atoms with Crippen LogP contribution in [0.15, 0.2) is 30.3 Å². The number of hydrogen-bond acceptors (Lipinski definition) is 3. The highest BCUT2D eigenvalue weighted by Crippen LogP contribution is 2.05. The Labute approximate surface area is 86.9 Å². The minimum atomic E-state index is -0.0894. The van der Waals surface area contributed by atoms with E-state index in [0.717, 1.165) is 5.69 Å². The number of benzene rings is 1. The Morgan fingerprint density at radius 1 is 1.23 bits per heavy atom. The number of thiocarbonyl (C=S) groups is 2. The van der Waals surface area contributed by atoms with Gasteiger partial charge in [0.05, 0.1) is 0 Å². The van der Waals surface area contributed by atoms with Crippen molar-refractivity contribution in [1.82, 2.24) is 0 Å². The molecule has 68 valence electrons. The van der Waals surface area contributed by atoms with E-state index in [1.54, 1.807) is 0 Å². The molecule has 0 atom stereocenters. The third-order valence-corrected chi connectivity index (χ3v) is 1.48. The predicted octanol–water partition coefficient (Wildman–Crippen LogP) is 1.64. The first-order valence-corrected chi connectivity index (χ1v) is 4.33. The molecule has 0 saturated heterocycles. The molecule has 5 heteroatoms. The third-order valence-electron chi connectivity index (χ3n) is 1.21. The average molecular weight is 212 g/mol. The fourth-order valence-electron chi connectivity index (χ4n) is 0.756. The number of nitrogens with one attached hydrogen (secondary N) is 1. The molecule has 3 nitrogen and oxygen atoms in total. The summed E-state index contributed by atoms with van der Waals surface area (Å²) < 4.78 is 4.78. The molecule has 0 fully saturated rings. The van der Waals surface area contributed by atoms with Gasteiger partial charge in [-0.1, -0.05) is 18.2 Å². The van der Waals surface area contributed by atoms with Crippen LogP contribution < -0.4 is 11.1 Å². The van der Waals surface area contributed by atoms with Crippen LogP contribution in [0, 0.1) is 0 Å². The van der Waals surface area contributed by atoms with Crippen molar-refractivity contribution in [3.05, 3.63) is 30.3 Å². The van der Waals surface area contributed by atoms with E-state index in [-0.39, 0.29) is 10.3 Å². The Balaban J connectivity index is 2.50. The number of hydrogen-bond donors (Lipinski definition) is 2. The highest BCUT2D eigenvalue weighted by atomic mass is 32.1. The van der Waals surface area contributed by atoms with Crippen LogP contribution in [0.2, 0.25) is 0 Å². The topological polar surface area (TPSA) is 47.3 Å². The van der Waals surface area contributed by atoms with Gasteiger partial charge < -0.3 is 15.8 Å². The molecule has 0 unspecified atom stereocenters. The van der Waals surface area contributed by atoms with Crippen LogP contribution in [0.25, 0.3) is 0 Å². The molecule has 3 N–H and O–H groups in total. The maximum absolute atomic E-state index is 5.13. The lowest BCUT2D eigenvalue weighted by Crippen LogP contribution is -2.22. The zero-order chi connectivity index (χ0) is 9.68. The summed E-state index contributed by atoms with van der Waals surface area (Å²) in [4.78, 5) is 0. The number of para-hydroxylation sites is 1. The van der Waals surface area contributed by atoms with Gasteiger partial charge in [0.25, 0.3) is 10.3 Å². The van der Waals surface area contributed by atoms with E-state index >= 15 is 0 Å². The summed E-state index contributed by atoms with van der Waals surface area (Å²) in [5, 5.41) is 2.88. The van der Waals surface area contributed by atoms with Gasteiger partial charge in [0.2, 0.25) is 0 Å². The van der Waals surface area contributed by atoms with E-state index in [1.807, 2.05) is 30.3 Å².